The SMILES string of the molecule is COC(C(=O)CC1Cc2ccccc21)c1ccccc1. The minimum absolute atomic E-state index is 0.165. The molecule has 0 saturated heterocycles. The van der Waals surface area contributed by atoms with E-state index in [0.717, 1.165) is 12.0 Å². The lowest BCUT2D eigenvalue weighted by molar-refractivity contribution is -0.129. The molecule has 3 rings (SSSR count). The van der Waals surface area contributed by atoms with Crippen LogP contribution in [0, 0.1) is 0 Å². The number of rotatable bonds is 5. The molecular weight excluding hydrogens is 248 g/mol. The van der Waals surface area contributed by atoms with Gasteiger partial charge >= 0.3 is 0 Å². The summed E-state index contributed by atoms with van der Waals surface area (Å²) in [4.78, 5) is 12.5. The lowest BCUT2D eigenvalue weighted by atomic mass is 9.74. The average Bonchev–Trinajstić information content (AvgIpc) is 2.47. The van der Waals surface area contributed by atoms with Crippen LogP contribution in [0.4, 0.5) is 0 Å². The molecule has 2 heteroatoms. The highest BCUT2D eigenvalue weighted by Gasteiger charge is 2.30. The third kappa shape index (κ3) is 2.39. The van der Waals surface area contributed by atoms with E-state index in [1.807, 2.05) is 36.4 Å². The molecule has 2 aromatic carbocycles. The van der Waals surface area contributed by atoms with Gasteiger partial charge in [-0.3, -0.25) is 4.79 Å². The van der Waals surface area contributed by atoms with Gasteiger partial charge in [-0.15, -0.1) is 0 Å². The number of hydrogen-bond donors (Lipinski definition) is 0. The van der Waals surface area contributed by atoms with Gasteiger partial charge in [0, 0.05) is 13.5 Å². The first-order valence-corrected chi connectivity index (χ1v) is 6.98. The predicted octanol–water partition coefficient (Wildman–Crippen LogP) is 3.67. The zero-order valence-electron chi connectivity index (χ0n) is 11.6. The number of carbonyl (C=O) groups excluding carboxylic acids is 1. The van der Waals surface area contributed by atoms with Crippen molar-refractivity contribution < 1.29 is 9.53 Å². The Hall–Kier alpha value is -1.93. The van der Waals surface area contributed by atoms with Crippen LogP contribution >= 0.6 is 0 Å². The first-order valence-electron chi connectivity index (χ1n) is 6.98. The third-order valence-electron chi connectivity index (χ3n) is 4.04. The van der Waals surface area contributed by atoms with E-state index in [9.17, 15) is 4.79 Å². The van der Waals surface area contributed by atoms with Crippen LogP contribution in [0.5, 0.6) is 0 Å². The Morgan fingerprint density at radius 2 is 1.85 bits per heavy atom. The van der Waals surface area contributed by atoms with Crippen LogP contribution in [0.3, 0.4) is 0 Å². The summed E-state index contributed by atoms with van der Waals surface area (Å²) in [5.41, 5.74) is 3.63. The molecule has 0 saturated carbocycles. The molecule has 0 spiro atoms. The minimum atomic E-state index is -0.441. The smallest absolute Gasteiger partial charge is 0.166 e. The van der Waals surface area contributed by atoms with Crippen LogP contribution in [0.1, 0.15) is 35.1 Å². The first kappa shape index (κ1) is 13.1. The van der Waals surface area contributed by atoms with E-state index in [4.69, 9.17) is 4.74 Å². The van der Waals surface area contributed by atoms with Crippen molar-refractivity contribution in [2.75, 3.05) is 7.11 Å². The molecule has 0 fully saturated rings. The zero-order chi connectivity index (χ0) is 13.9. The van der Waals surface area contributed by atoms with Crippen LogP contribution < -0.4 is 0 Å². The fraction of sp³-hybridized carbons (Fsp3) is 0.278. The second-order valence-corrected chi connectivity index (χ2v) is 5.30. The molecule has 20 heavy (non-hydrogen) atoms. The van der Waals surface area contributed by atoms with Crippen molar-refractivity contribution in [1.82, 2.24) is 0 Å². The molecule has 2 unspecified atom stereocenters. The van der Waals surface area contributed by atoms with Gasteiger partial charge in [-0.05, 0) is 29.0 Å². The quantitative estimate of drug-likeness (QED) is 0.825. The fourth-order valence-electron chi connectivity index (χ4n) is 2.98. The summed E-state index contributed by atoms with van der Waals surface area (Å²) in [6, 6.07) is 18.1. The Bertz CT molecular complexity index is 604. The van der Waals surface area contributed by atoms with E-state index < -0.39 is 6.10 Å². The van der Waals surface area contributed by atoms with Crippen LogP contribution in [-0.2, 0) is 16.0 Å². The lowest BCUT2D eigenvalue weighted by Gasteiger charge is -2.30. The van der Waals surface area contributed by atoms with E-state index in [1.54, 1.807) is 7.11 Å². The maximum atomic E-state index is 12.5. The van der Waals surface area contributed by atoms with Crippen molar-refractivity contribution in [1.29, 1.82) is 0 Å². The molecule has 1 aliphatic rings. The van der Waals surface area contributed by atoms with Gasteiger partial charge in [-0.1, -0.05) is 54.6 Å². The van der Waals surface area contributed by atoms with Gasteiger partial charge in [-0.2, -0.15) is 0 Å². The van der Waals surface area contributed by atoms with E-state index in [-0.39, 0.29) is 5.78 Å². The molecule has 102 valence electrons. The van der Waals surface area contributed by atoms with Gasteiger partial charge in [0.15, 0.2) is 5.78 Å². The van der Waals surface area contributed by atoms with E-state index in [1.165, 1.54) is 11.1 Å². The van der Waals surface area contributed by atoms with Crippen LogP contribution in [0.2, 0.25) is 0 Å². The lowest BCUT2D eigenvalue weighted by Crippen LogP contribution is -2.23. The number of fused-ring (bicyclic) bond motifs is 1. The van der Waals surface area contributed by atoms with E-state index >= 15 is 0 Å². The van der Waals surface area contributed by atoms with Gasteiger partial charge in [0.2, 0.25) is 0 Å². The monoisotopic (exact) mass is 266 g/mol. The molecule has 0 bridgehead atoms. The zero-order valence-corrected chi connectivity index (χ0v) is 11.6. The second kappa shape index (κ2) is 5.59. The largest absolute Gasteiger partial charge is 0.369 e. The summed E-state index contributed by atoms with van der Waals surface area (Å²) in [6.07, 6.45) is 1.13. The maximum absolute atomic E-state index is 12.5. The van der Waals surface area contributed by atoms with Crippen molar-refractivity contribution in [3.05, 3.63) is 71.3 Å². The highest BCUT2D eigenvalue weighted by atomic mass is 16.5. The summed E-state index contributed by atoms with van der Waals surface area (Å²) in [7, 11) is 1.60. The Morgan fingerprint density at radius 1 is 1.15 bits per heavy atom. The average molecular weight is 266 g/mol. The molecule has 1 aliphatic carbocycles. The van der Waals surface area contributed by atoms with E-state index in [2.05, 4.69) is 18.2 Å². The van der Waals surface area contributed by atoms with Gasteiger partial charge in [-0.25, -0.2) is 0 Å². The van der Waals surface area contributed by atoms with Gasteiger partial charge in [0.25, 0.3) is 0 Å². The number of methoxy groups -OCH3 is 1. The first-order chi connectivity index (χ1) is 9.79. The number of ether oxygens (including phenoxy) is 1. The number of ketones is 1. The number of benzene rings is 2. The molecule has 0 aromatic heterocycles. The normalized spacial score (nSPS) is 17.9. The molecular formula is C18H18O2. The molecule has 0 radical (unpaired) electrons. The molecule has 0 heterocycles. The number of carbonyl (C=O) groups is 1. The number of Topliss-reactive ketones (excluding diaryl/α,β-unsaturated/α-hetero) is 1. The van der Waals surface area contributed by atoms with Crippen molar-refractivity contribution in [3.63, 3.8) is 0 Å². The summed E-state index contributed by atoms with van der Waals surface area (Å²) < 4.78 is 5.41. The minimum Gasteiger partial charge on any atom is -0.369 e. The Balaban J connectivity index is 1.71. The second-order valence-electron chi connectivity index (χ2n) is 5.30. The van der Waals surface area contributed by atoms with Crippen LogP contribution in [0.25, 0.3) is 0 Å². The molecule has 0 amide bonds. The maximum Gasteiger partial charge on any atom is 0.166 e. The van der Waals surface area contributed by atoms with Crippen LogP contribution in [0.15, 0.2) is 54.6 Å². The van der Waals surface area contributed by atoms with Gasteiger partial charge < -0.3 is 4.74 Å². The van der Waals surface area contributed by atoms with Crippen molar-refractivity contribution in [2.24, 2.45) is 0 Å². The highest BCUT2D eigenvalue weighted by Crippen LogP contribution is 2.38. The predicted molar refractivity (Wildman–Crippen MR) is 78.7 cm³/mol. The molecule has 0 aliphatic heterocycles. The van der Waals surface area contributed by atoms with Crippen molar-refractivity contribution in [3.8, 4) is 0 Å². The summed E-state index contributed by atoms with van der Waals surface area (Å²) in [6.45, 7) is 0. The van der Waals surface area contributed by atoms with Crippen molar-refractivity contribution >= 4 is 5.78 Å². The highest BCUT2D eigenvalue weighted by molar-refractivity contribution is 5.85. The molecule has 2 atom stereocenters. The van der Waals surface area contributed by atoms with E-state index in [0.29, 0.717) is 12.3 Å². The fourth-order valence-corrected chi connectivity index (χ4v) is 2.98. The van der Waals surface area contributed by atoms with Gasteiger partial charge in [0.1, 0.15) is 6.10 Å². The Kier molecular flexibility index (Phi) is 3.66. The summed E-state index contributed by atoms with van der Waals surface area (Å²) >= 11 is 0. The summed E-state index contributed by atoms with van der Waals surface area (Å²) in [5, 5.41) is 0. The van der Waals surface area contributed by atoms with Crippen molar-refractivity contribution in [2.45, 2.75) is 24.9 Å². The third-order valence-corrected chi connectivity index (χ3v) is 4.04. The van der Waals surface area contributed by atoms with Crippen LogP contribution in [-0.4, -0.2) is 12.9 Å². The summed E-state index contributed by atoms with van der Waals surface area (Å²) in [5.74, 6) is 0.526. The molecule has 2 nitrogen and oxygen atoms in total. The van der Waals surface area contributed by atoms with Gasteiger partial charge in [0.05, 0.1) is 0 Å². The topological polar surface area (TPSA) is 26.3 Å². The standard InChI is InChI=1S/C18H18O2/c1-20-18(13-7-3-2-4-8-13)17(19)12-15-11-14-9-5-6-10-16(14)15/h2-10,15,18H,11-12H2,1H3. The number of hydrogen-bond acceptors (Lipinski definition) is 2. The molecule has 0 N–H and O–H groups in total. The Labute approximate surface area is 119 Å². The Morgan fingerprint density at radius 3 is 2.55 bits per heavy atom. The molecule has 2 aromatic rings.